The van der Waals surface area contributed by atoms with Crippen molar-refractivity contribution in [2.24, 2.45) is 5.92 Å². The Morgan fingerprint density at radius 3 is 2.33 bits per heavy atom. The average molecular weight is 481 g/mol. The number of nitrogens with one attached hydrogen (secondary N) is 2. The van der Waals surface area contributed by atoms with Crippen molar-refractivity contribution in [1.29, 1.82) is 0 Å². The van der Waals surface area contributed by atoms with Gasteiger partial charge < -0.3 is 10.6 Å². The highest BCUT2D eigenvalue weighted by Crippen LogP contribution is 2.26. The summed E-state index contributed by atoms with van der Waals surface area (Å²) in [6.07, 6.45) is 4.08. The number of fused-ring (bicyclic) bond motifs is 1. The Morgan fingerprint density at radius 1 is 0.861 bits per heavy atom. The number of amides is 2. The number of anilines is 1. The van der Waals surface area contributed by atoms with Crippen LogP contribution in [-0.4, -0.2) is 21.6 Å². The van der Waals surface area contributed by atoms with E-state index in [-0.39, 0.29) is 42.1 Å². The molecule has 2 N–H and O–H groups in total. The molecule has 0 atom stereocenters. The molecule has 0 radical (unpaired) electrons. The normalized spacial score (nSPS) is 13.6. The first-order valence-electron chi connectivity index (χ1n) is 12.3. The smallest absolute Gasteiger partial charge is 0.274 e. The third kappa shape index (κ3) is 5.20. The van der Waals surface area contributed by atoms with Crippen molar-refractivity contribution in [2.45, 2.75) is 38.8 Å². The van der Waals surface area contributed by atoms with E-state index in [1.807, 2.05) is 54.6 Å². The van der Waals surface area contributed by atoms with E-state index in [9.17, 15) is 14.4 Å². The molecule has 1 heterocycles. The van der Waals surface area contributed by atoms with Gasteiger partial charge in [0.15, 0.2) is 5.69 Å². The van der Waals surface area contributed by atoms with Crippen LogP contribution in [0, 0.1) is 5.92 Å². The first-order valence-corrected chi connectivity index (χ1v) is 12.3. The van der Waals surface area contributed by atoms with Crippen LogP contribution in [0.25, 0.3) is 10.8 Å². The van der Waals surface area contributed by atoms with Crippen LogP contribution in [0.1, 0.15) is 47.3 Å². The van der Waals surface area contributed by atoms with E-state index in [2.05, 4.69) is 15.7 Å². The van der Waals surface area contributed by atoms with Crippen LogP contribution in [0.5, 0.6) is 0 Å². The number of carbonyl (C=O) groups is 2. The van der Waals surface area contributed by atoms with Crippen LogP contribution in [0.4, 0.5) is 5.69 Å². The molecule has 3 aromatic carbocycles. The molecule has 4 aromatic rings. The Bertz CT molecular complexity index is 1460. The maximum atomic E-state index is 13.2. The Hall–Kier alpha value is -4.26. The third-order valence-electron chi connectivity index (χ3n) is 6.63. The molecule has 1 aliphatic carbocycles. The van der Waals surface area contributed by atoms with Crippen molar-refractivity contribution >= 4 is 28.3 Å². The van der Waals surface area contributed by atoms with Gasteiger partial charge >= 0.3 is 0 Å². The highest BCUT2D eigenvalue weighted by atomic mass is 16.2. The zero-order chi connectivity index (χ0) is 24.9. The van der Waals surface area contributed by atoms with Crippen LogP contribution in [-0.2, 0) is 17.9 Å². The van der Waals surface area contributed by atoms with Gasteiger partial charge in [0, 0.05) is 23.5 Å². The monoisotopic (exact) mass is 480 g/mol. The van der Waals surface area contributed by atoms with Gasteiger partial charge in [-0.3, -0.25) is 14.4 Å². The topological polar surface area (TPSA) is 93.1 Å². The van der Waals surface area contributed by atoms with E-state index >= 15 is 0 Å². The molecule has 0 unspecified atom stereocenters. The molecule has 1 aromatic heterocycles. The molecule has 7 nitrogen and oxygen atoms in total. The summed E-state index contributed by atoms with van der Waals surface area (Å²) in [7, 11) is 0. The lowest BCUT2D eigenvalue weighted by Gasteiger charge is -2.13. The van der Waals surface area contributed by atoms with Gasteiger partial charge in [-0.05, 0) is 42.2 Å². The zero-order valence-electron chi connectivity index (χ0n) is 19.9. The summed E-state index contributed by atoms with van der Waals surface area (Å²) in [5.41, 5.74) is 2.46. The van der Waals surface area contributed by atoms with Gasteiger partial charge in [-0.2, -0.15) is 5.10 Å². The van der Waals surface area contributed by atoms with E-state index in [0.717, 1.165) is 42.5 Å². The van der Waals surface area contributed by atoms with Crippen LogP contribution in [0.15, 0.2) is 83.7 Å². The number of carbonyl (C=O) groups excluding carboxylic acids is 2. The van der Waals surface area contributed by atoms with E-state index in [1.54, 1.807) is 24.3 Å². The lowest BCUT2D eigenvalue weighted by Crippen LogP contribution is -2.30. The molecule has 5 rings (SSSR count). The van der Waals surface area contributed by atoms with Gasteiger partial charge in [-0.25, -0.2) is 4.68 Å². The predicted molar refractivity (Wildman–Crippen MR) is 140 cm³/mol. The van der Waals surface area contributed by atoms with E-state index < -0.39 is 0 Å². The summed E-state index contributed by atoms with van der Waals surface area (Å²) < 4.78 is 1.34. The summed E-state index contributed by atoms with van der Waals surface area (Å²) in [5.74, 6) is -0.224. The summed E-state index contributed by atoms with van der Waals surface area (Å²) in [6.45, 7) is 0.535. The average Bonchev–Trinajstić information content (AvgIpc) is 3.45. The van der Waals surface area contributed by atoms with Crippen molar-refractivity contribution in [3.05, 3.63) is 106 Å². The minimum absolute atomic E-state index is 0.0602. The van der Waals surface area contributed by atoms with Gasteiger partial charge in [0.05, 0.1) is 11.9 Å². The molecule has 0 saturated heterocycles. The number of hydrogen-bond donors (Lipinski definition) is 2. The van der Waals surface area contributed by atoms with Crippen molar-refractivity contribution in [3.8, 4) is 0 Å². The van der Waals surface area contributed by atoms with Gasteiger partial charge in [-0.15, -0.1) is 0 Å². The molecular weight excluding hydrogens is 452 g/mol. The van der Waals surface area contributed by atoms with E-state index in [0.29, 0.717) is 10.8 Å². The second-order valence-electron chi connectivity index (χ2n) is 9.20. The molecular formula is C29H28N4O3. The molecule has 0 bridgehead atoms. The van der Waals surface area contributed by atoms with Crippen molar-refractivity contribution in [2.75, 3.05) is 5.32 Å². The highest BCUT2D eigenvalue weighted by Gasteiger charge is 2.22. The fourth-order valence-electron chi connectivity index (χ4n) is 4.72. The maximum absolute atomic E-state index is 13.2. The summed E-state index contributed by atoms with van der Waals surface area (Å²) in [6, 6.07) is 24.1. The van der Waals surface area contributed by atoms with Crippen molar-refractivity contribution in [1.82, 2.24) is 15.1 Å². The zero-order valence-corrected chi connectivity index (χ0v) is 19.9. The fourth-order valence-corrected chi connectivity index (χ4v) is 4.72. The fraction of sp³-hybridized carbons (Fsp3) is 0.241. The van der Waals surface area contributed by atoms with Crippen molar-refractivity contribution in [3.63, 3.8) is 0 Å². The minimum atomic E-state index is -0.367. The molecule has 7 heteroatoms. The summed E-state index contributed by atoms with van der Waals surface area (Å²) >= 11 is 0. The van der Waals surface area contributed by atoms with E-state index in [4.69, 9.17) is 0 Å². The molecule has 0 aliphatic heterocycles. The number of aromatic nitrogens is 2. The molecule has 1 aliphatic rings. The van der Waals surface area contributed by atoms with Gasteiger partial charge in [-0.1, -0.05) is 73.5 Å². The summed E-state index contributed by atoms with van der Waals surface area (Å²) in [5, 5.41) is 11.3. The van der Waals surface area contributed by atoms with Gasteiger partial charge in [0.1, 0.15) is 0 Å². The maximum Gasteiger partial charge on any atom is 0.274 e. The largest absolute Gasteiger partial charge is 0.347 e. The Kier molecular flexibility index (Phi) is 6.89. The third-order valence-corrected chi connectivity index (χ3v) is 6.63. The standard InChI is InChI=1S/C29H28N4O3/c34-27(22-12-4-5-13-22)31-23-14-8-11-21(17-23)18-30-28(35)26-24-15-6-7-16-25(24)29(36)33(32-26)19-20-9-2-1-3-10-20/h1-3,6-11,14-17,22H,4-5,12-13,18-19H2,(H,30,35)(H,31,34). The molecule has 2 amide bonds. The molecule has 1 saturated carbocycles. The first kappa shape index (κ1) is 23.5. The number of nitrogens with zero attached hydrogens (tertiary/aromatic N) is 2. The highest BCUT2D eigenvalue weighted by molar-refractivity contribution is 6.04. The number of benzene rings is 3. The van der Waals surface area contributed by atoms with Gasteiger partial charge in [0.25, 0.3) is 11.5 Å². The Labute approximate surface area is 209 Å². The van der Waals surface area contributed by atoms with Crippen LogP contribution < -0.4 is 16.2 Å². The number of rotatable bonds is 7. The SMILES string of the molecule is O=C(NCc1cccc(NC(=O)C2CCCC2)c1)c1nn(Cc2ccccc2)c(=O)c2ccccc12. The second kappa shape index (κ2) is 10.6. The molecule has 1 fully saturated rings. The minimum Gasteiger partial charge on any atom is -0.347 e. The molecule has 0 spiro atoms. The Morgan fingerprint density at radius 2 is 1.56 bits per heavy atom. The first-order chi connectivity index (χ1) is 17.6. The van der Waals surface area contributed by atoms with Crippen LogP contribution >= 0.6 is 0 Å². The predicted octanol–water partition coefficient (Wildman–Crippen LogP) is 4.50. The number of hydrogen-bond acceptors (Lipinski definition) is 4. The lowest BCUT2D eigenvalue weighted by atomic mass is 10.1. The van der Waals surface area contributed by atoms with Crippen molar-refractivity contribution < 1.29 is 9.59 Å². The quantitative estimate of drug-likeness (QED) is 0.407. The molecule has 182 valence electrons. The van der Waals surface area contributed by atoms with E-state index in [1.165, 1.54) is 4.68 Å². The van der Waals surface area contributed by atoms with Crippen LogP contribution in [0.3, 0.4) is 0 Å². The molecule has 36 heavy (non-hydrogen) atoms. The van der Waals surface area contributed by atoms with Gasteiger partial charge in [0.2, 0.25) is 5.91 Å². The summed E-state index contributed by atoms with van der Waals surface area (Å²) in [4.78, 5) is 38.7. The second-order valence-corrected chi connectivity index (χ2v) is 9.20. The lowest BCUT2D eigenvalue weighted by molar-refractivity contribution is -0.119. The van der Waals surface area contributed by atoms with Crippen LogP contribution in [0.2, 0.25) is 0 Å². The Balaban J connectivity index is 1.34.